The number of unbranched alkanes of at least 4 members (excludes halogenated alkanes) is 1. The van der Waals surface area contributed by atoms with E-state index in [1.165, 1.54) is 0 Å². The van der Waals surface area contributed by atoms with Crippen molar-refractivity contribution < 1.29 is 9.47 Å². The molecule has 0 aliphatic rings. The first-order valence-corrected chi connectivity index (χ1v) is 5.86. The lowest BCUT2D eigenvalue weighted by molar-refractivity contribution is 0.108. The summed E-state index contributed by atoms with van der Waals surface area (Å²) in [7, 11) is 0. The second-order valence-electron chi connectivity index (χ2n) is 3.29. The van der Waals surface area contributed by atoms with E-state index in [4.69, 9.17) is 9.47 Å². The lowest BCUT2D eigenvalue weighted by atomic mass is 10.3. The fourth-order valence-electron chi connectivity index (χ4n) is 1.11. The van der Waals surface area contributed by atoms with Crippen LogP contribution in [0.1, 0.15) is 39.5 Å². The molecule has 0 unspecified atom stereocenters. The quantitative estimate of drug-likeness (QED) is 0.441. The monoisotopic (exact) mass is 222 g/mol. The van der Waals surface area contributed by atoms with E-state index in [0.717, 1.165) is 52.1 Å². The zero-order valence-electron chi connectivity index (χ0n) is 10.5. The zero-order chi connectivity index (χ0) is 11.9. The van der Waals surface area contributed by atoms with Gasteiger partial charge in [0.1, 0.15) is 0 Å². The third-order valence-electron chi connectivity index (χ3n) is 1.92. The maximum Gasteiger partial charge on any atom is 0.0575 e. The summed E-state index contributed by atoms with van der Waals surface area (Å²) in [5.74, 6) is 11.6. The minimum Gasteiger partial charge on any atom is -0.380 e. The molecule has 0 aromatic rings. The van der Waals surface area contributed by atoms with Crippen LogP contribution in [0, 0.1) is 23.7 Å². The van der Waals surface area contributed by atoms with E-state index in [-0.39, 0.29) is 0 Å². The van der Waals surface area contributed by atoms with Gasteiger partial charge in [-0.1, -0.05) is 0 Å². The molecule has 0 rings (SSSR count). The maximum atomic E-state index is 5.40. The highest BCUT2D eigenvalue weighted by Crippen LogP contribution is 1.93. The van der Waals surface area contributed by atoms with Crippen LogP contribution in [0.3, 0.4) is 0 Å². The fraction of sp³-hybridized carbons (Fsp3) is 0.714. The molecule has 0 bridgehead atoms. The molecule has 0 amide bonds. The summed E-state index contributed by atoms with van der Waals surface area (Å²) in [4.78, 5) is 0. The Labute approximate surface area is 99.7 Å². The van der Waals surface area contributed by atoms with Crippen molar-refractivity contribution in [2.75, 3.05) is 26.4 Å². The summed E-state index contributed by atoms with van der Waals surface area (Å²) in [6.45, 7) is 6.80. The topological polar surface area (TPSA) is 18.5 Å². The van der Waals surface area contributed by atoms with Crippen LogP contribution in [0.4, 0.5) is 0 Å². The Morgan fingerprint density at radius 3 is 1.50 bits per heavy atom. The summed E-state index contributed by atoms with van der Waals surface area (Å²) < 4.78 is 10.8. The minimum absolute atomic E-state index is 0.744. The molecule has 0 saturated carbocycles. The van der Waals surface area contributed by atoms with Crippen LogP contribution < -0.4 is 0 Å². The second-order valence-corrected chi connectivity index (χ2v) is 3.29. The molecule has 0 heterocycles. The molecule has 0 spiro atoms. The molecule has 90 valence electrons. The van der Waals surface area contributed by atoms with Crippen molar-refractivity contribution in [2.24, 2.45) is 0 Å². The van der Waals surface area contributed by atoms with E-state index in [1.54, 1.807) is 0 Å². The van der Waals surface area contributed by atoms with Crippen LogP contribution in [0.15, 0.2) is 0 Å². The van der Waals surface area contributed by atoms with E-state index >= 15 is 0 Å². The van der Waals surface area contributed by atoms with Crippen molar-refractivity contribution in [3.63, 3.8) is 0 Å². The van der Waals surface area contributed by atoms with Gasteiger partial charge in [0, 0.05) is 26.1 Å². The Morgan fingerprint density at radius 1 is 0.688 bits per heavy atom. The van der Waals surface area contributed by atoms with Crippen molar-refractivity contribution in [3.8, 4) is 23.7 Å². The summed E-state index contributed by atoms with van der Waals surface area (Å²) >= 11 is 0. The van der Waals surface area contributed by atoms with Gasteiger partial charge in [0.2, 0.25) is 0 Å². The largest absolute Gasteiger partial charge is 0.380 e. The normalized spacial score (nSPS) is 8.88. The van der Waals surface area contributed by atoms with E-state index in [9.17, 15) is 0 Å². The van der Waals surface area contributed by atoms with Crippen molar-refractivity contribution in [2.45, 2.75) is 39.5 Å². The van der Waals surface area contributed by atoms with Gasteiger partial charge in [0.25, 0.3) is 0 Å². The fourth-order valence-corrected chi connectivity index (χ4v) is 1.11. The SMILES string of the molecule is CC#CCCOCCCCOCCC#CC. The van der Waals surface area contributed by atoms with Crippen LogP contribution >= 0.6 is 0 Å². The van der Waals surface area contributed by atoms with Gasteiger partial charge >= 0.3 is 0 Å². The molecule has 0 aliphatic heterocycles. The summed E-state index contributed by atoms with van der Waals surface area (Å²) in [5, 5.41) is 0. The van der Waals surface area contributed by atoms with Crippen LogP contribution in [-0.2, 0) is 9.47 Å². The van der Waals surface area contributed by atoms with Gasteiger partial charge in [-0.2, -0.15) is 0 Å². The van der Waals surface area contributed by atoms with Crippen molar-refractivity contribution >= 4 is 0 Å². The molecule has 2 nitrogen and oxygen atoms in total. The molecule has 0 N–H and O–H groups in total. The predicted octanol–water partition coefficient (Wildman–Crippen LogP) is 2.63. The van der Waals surface area contributed by atoms with Gasteiger partial charge in [-0.15, -0.1) is 23.7 Å². The Kier molecular flexibility index (Phi) is 13.2. The zero-order valence-corrected chi connectivity index (χ0v) is 10.5. The second kappa shape index (κ2) is 14.0. The molecule has 0 fully saturated rings. The summed E-state index contributed by atoms with van der Waals surface area (Å²) in [6, 6.07) is 0. The molecular weight excluding hydrogens is 200 g/mol. The average Bonchev–Trinajstić information content (AvgIpc) is 2.31. The van der Waals surface area contributed by atoms with E-state index in [0.29, 0.717) is 0 Å². The summed E-state index contributed by atoms with van der Waals surface area (Å²) in [5.41, 5.74) is 0. The van der Waals surface area contributed by atoms with Crippen molar-refractivity contribution in [1.29, 1.82) is 0 Å². The lowest BCUT2D eigenvalue weighted by Gasteiger charge is -2.03. The molecule has 2 heteroatoms. The summed E-state index contributed by atoms with van der Waals surface area (Å²) in [6.07, 6.45) is 3.78. The first-order valence-electron chi connectivity index (χ1n) is 5.86. The Bertz CT molecular complexity index is 221. The molecule has 0 atom stereocenters. The van der Waals surface area contributed by atoms with E-state index in [2.05, 4.69) is 23.7 Å². The van der Waals surface area contributed by atoms with Crippen LogP contribution in [0.25, 0.3) is 0 Å². The molecule has 16 heavy (non-hydrogen) atoms. The third kappa shape index (κ3) is 13.0. The number of hydrogen-bond acceptors (Lipinski definition) is 2. The standard InChI is InChI=1S/C14H22O2/c1-3-5-7-11-15-13-9-10-14-16-12-8-6-4-2/h7-14H2,1-2H3. The Balaban J connectivity index is 2.96. The molecule has 0 aromatic heterocycles. The van der Waals surface area contributed by atoms with Crippen LogP contribution in [-0.4, -0.2) is 26.4 Å². The van der Waals surface area contributed by atoms with E-state index in [1.807, 2.05) is 13.8 Å². The Hall–Kier alpha value is -0.960. The van der Waals surface area contributed by atoms with Crippen LogP contribution in [0.2, 0.25) is 0 Å². The van der Waals surface area contributed by atoms with Gasteiger partial charge in [-0.25, -0.2) is 0 Å². The van der Waals surface area contributed by atoms with E-state index < -0.39 is 0 Å². The Morgan fingerprint density at radius 2 is 1.12 bits per heavy atom. The number of rotatable bonds is 9. The van der Waals surface area contributed by atoms with Crippen molar-refractivity contribution in [1.82, 2.24) is 0 Å². The molecule has 0 saturated heterocycles. The van der Waals surface area contributed by atoms with Crippen LogP contribution in [0.5, 0.6) is 0 Å². The first-order chi connectivity index (χ1) is 7.91. The van der Waals surface area contributed by atoms with Crippen molar-refractivity contribution in [3.05, 3.63) is 0 Å². The highest BCUT2D eigenvalue weighted by atomic mass is 16.5. The minimum atomic E-state index is 0.744. The first kappa shape index (κ1) is 15.0. The van der Waals surface area contributed by atoms with Gasteiger partial charge in [-0.05, 0) is 26.7 Å². The highest BCUT2D eigenvalue weighted by Gasteiger charge is 1.90. The molecule has 0 aromatic carbocycles. The third-order valence-corrected chi connectivity index (χ3v) is 1.92. The highest BCUT2D eigenvalue weighted by molar-refractivity contribution is 4.94. The number of hydrogen-bond donors (Lipinski definition) is 0. The van der Waals surface area contributed by atoms with Gasteiger partial charge < -0.3 is 9.47 Å². The maximum absolute atomic E-state index is 5.40. The molecule has 0 aliphatic carbocycles. The van der Waals surface area contributed by atoms with Gasteiger partial charge in [-0.3, -0.25) is 0 Å². The predicted molar refractivity (Wildman–Crippen MR) is 67.0 cm³/mol. The smallest absolute Gasteiger partial charge is 0.0575 e. The van der Waals surface area contributed by atoms with Gasteiger partial charge in [0.05, 0.1) is 13.2 Å². The number of ether oxygens (including phenoxy) is 2. The van der Waals surface area contributed by atoms with Gasteiger partial charge in [0.15, 0.2) is 0 Å². The lowest BCUT2D eigenvalue weighted by Crippen LogP contribution is -2.00. The molecular formula is C14H22O2. The average molecular weight is 222 g/mol. The molecule has 0 radical (unpaired) electrons.